The minimum absolute atomic E-state index is 0.304. The number of benzene rings is 2. The molecule has 1 heterocycles. The van der Waals surface area contributed by atoms with Gasteiger partial charge in [0.15, 0.2) is 0 Å². The monoisotopic (exact) mass is 362 g/mol. The molecule has 0 bridgehead atoms. The number of anilines is 1. The fourth-order valence-electron chi connectivity index (χ4n) is 2.74. The smallest absolute Gasteiger partial charge is 0.354 e. The van der Waals surface area contributed by atoms with Crippen molar-refractivity contribution in [2.75, 3.05) is 12.3 Å². The summed E-state index contributed by atoms with van der Waals surface area (Å²) in [6.07, 6.45) is 0. The van der Waals surface area contributed by atoms with Crippen molar-refractivity contribution in [1.29, 1.82) is 0 Å². The first-order valence-electron chi connectivity index (χ1n) is 7.49. The summed E-state index contributed by atoms with van der Waals surface area (Å²) < 4.78 is 7.04. The molecular weight excluding hydrogens is 347 g/mol. The zero-order valence-corrected chi connectivity index (χ0v) is 14.6. The van der Waals surface area contributed by atoms with Crippen molar-refractivity contribution in [1.82, 2.24) is 4.57 Å². The lowest BCUT2D eigenvalue weighted by Crippen LogP contribution is -2.12. The van der Waals surface area contributed by atoms with Crippen molar-refractivity contribution in [3.8, 4) is 0 Å². The van der Waals surface area contributed by atoms with Gasteiger partial charge in [-0.3, -0.25) is 0 Å². The molecule has 1 aromatic heterocycles. The van der Waals surface area contributed by atoms with Gasteiger partial charge in [0.25, 0.3) is 0 Å². The van der Waals surface area contributed by atoms with Crippen LogP contribution in [0, 0.1) is 0 Å². The van der Waals surface area contributed by atoms with Crippen LogP contribution >= 0.6 is 23.2 Å². The Morgan fingerprint density at radius 1 is 1.17 bits per heavy atom. The van der Waals surface area contributed by atoms with Crippen LogP contribution in [0.5, 0.6) is 0 Å². The Balaban J connectivity index is 2.15. The van der Waals surface area contributed by atoms with E-state index >= 15 is 0 Å². The Bertz CT molecular complexity index is 899. The first-order valence-corrected chi connectivity index (χ1v) is 8.25. The third-order valence-electron chi connectivity index (χ3n) is 3.73. The van der Waals surface area contributed by atoms with Crippen molar-refractivity contribution in [3.63, 3.8) is 0 Å². The molecule has 0 unspecified atom stereocenters. The van der Waals surface area contributed by atoms with Gasteiger partial charge in [-0.15, -0.1) is 0 Å². The van der Waals surface area contributed by atoms with Gasteiger partial charge in [-0.25, -0.2) is 4.79 Å². The third-order valence-corrected chi connectivity index (χ3v) is 4.16. The summed E-state index contributed by atoms with van der Waals surface area (Å²) in [4.78, 5) is 12.3. The number of nitrogen functional groups attached to an aromatic ring is 1. The lowest BCUT2D eigenvalue weighted by Gasteiger charge is -2.11. The molecule has 3 aromatic rings. The Hall–Kier alpha value is -2.17. The molecule has 3 rings (SSSR count). The van der Waals surface area contributed by atoms with E-state index in [1.165, 1.54) is 0 Å². The fourth-order valence-corrected chi connectivity index (χ4v) is 3.31. The predicted octanol–water partition coefficient (Wildman–Crippen LogP) is 4.76. The van der Waals surface area contributed by atoms with Gasteiger partial charge in [0.1, 0.15) is 5.69 Å². The predicted molar refractivity (Wildman–Crippen MR) is 97.9 cm³/mol. The molecule has 0 atom stereocenters. The maximum atomic E-state index is 12.3. The number of nitrogens with two attached hydrogens (primary N) is 1. The summed E-state index contributed by atoms with van der Waals surface area (Å²) in [5, 5.41) is 1.91. The highest BCUT2D eigenvalue weighted by molar-refractivity contribution is 6.34. The van der Waals surface area contributed by atoms with Crippen LogP contribution in [0.3, 0.4) is 0 Å². The van der Waals surface area contributed by atoms with Gasteiger partial charge < -0.3 is 15.0 Å². The second kappa shape index (κ2) is 6.75. The highest BCUT2D eigenvalue weighted by atomic mass is 35.5. The van der Waals surface area contributed by atoms with Gasteiger partial charge in [0, 0.05) is 27.7 Å². The molecule has 0 amide bonds. The van der Waals surface area contributed by atoms with Crippen LogP contribution in [0.2, 0.25) is 10.0 Å². The van der Waals surface area contributed by atoms with Crippen molar-refractivity contribution < 1.29 is 9.53 Å². The number of aromatic nitrogens is 1. The molecule has 0 fully saturated rings. The van der Waals surface area contributed by atoms with E-state index in [2.05, 4.69) is 0 Å². The van der Waals surface area contributed by atoms with Crippen molar-refractivity contribution in [3.05, 3.63) is 63.8 Å². The van der Waals surface area contributed by atoms with Gasteiger partial charge in [0.05, 0.1) is 12.1 Å². The first kappa shape index (κ1) is 16.7. The molecule has 0 saturated carbocycles. The van der Waals surface area contributed by atoms with Crippen molar-refractivity contribution in [2.24, 2.45) is 0 Å². The standard InChI is InChI=1S/C18H16Cl2N2O2/c1-2-24-18(23)17-9-14-15(21)4-3-5-16(14)22(17)10-11-6-12(19)8-13(20)7-11/h3-9H,2,10,21H2,1H3. The fraction of sp³-hybridized carbons (Fsp3) is 0.167. The first-order chi connectivity index (χ1) is 11.5. The summed E-state index contributed by atoms with van der Waals surface area (Å²) in [6, 6.07) is 12.6. The van der Waals surface area contributed by atoms with E-state index in [4.69, 9.17) is 33.7 Å². The molecule has 0 spiro atoms. The Labute approximate surface area is 149 Å². The number of fused-ring (bicyclic) bond motifs is 1. The number of hydrogen-bond donors (Lipinski definition) is 1. The highest BCUT2D eigenvalue weighted by Gasteiger charge is 2.18. The lowest BCUT2D eigenvalue weighted by molar-refractivity contribution is 0.0515. The molecule has 124 valence electrons. The maximum Gasteiger partial charge on any atom is 0.354 e. The summed E-state index contributed by atoms with van der Waals surface area (Å²) in [6.45, 7) is 2.51. The molecule has 2 aromatic carbocycles. The topological polar surface area (TPSA) is 57.2 Å². The molecule has 0 radical (unpaired) electrons. The average Bonchev–Trinajstić information content (AvgIpc) is 2.87. The Kier molecular flexibility index (Phi) is 4.69. The minimum Gasteiger partial charge on any atom is -0.461 e. The normalized spacial score (nSPS) is 11.0. The maximum absolute atomic E-state index is 12.3. The number of nitrogens with zero attached hydrogens (tertiary/aromatic N) is 1. The summed E-state index contributed by atoms with van der Waals surface area (Å²) in [5.74, 6) is -0.388. The van der Waals surface area contributed by atoms with Crippen LogP contribution in [0.15, 0.2) is 42.5 Å². The molecule has 6 heteroatoms. The highest BCUT2D eigenvalue weighted by Crippen LogP contribution is 2.28. The SMILES string of the molecule is CCOC(=O)c1cc2c(N)cccc2n1Cc1cc(Cl)cc(Cl)c1. The largest absolute Gasteiger partial charge is 0.461 e. The van der Waals surface area contributed by atoms with Gasteiger partial charge in [-0.05, 0) is 48.9 Å². The van der Waals surface area contributed by atoms with E-state index < -0.39 is 0 Å². The quantitative estimate of drug-likeness (QED) is 0.537. The molecule has 4 nitrogen and oxygen atoms in total. The number of halogens is 2. The molecular formula is C18H16Cl2N2O2. The number of ether oxygens (including phenoxy) is 1. The number of rotatable bonds is 4. The van der Waals surface area contributed by atoms with E-state index in [0.29, 0.717) is 34.6 Å². The van der Waals surface area contributed by atoms with Crippen LogP contribution in [-0.4, -0.2) is 17.1 Å². The number of esters is 1. The molecule has 0 aliphatic rings. The van der Waals surface area contributed by atoms with Crippen LogP contribution in [0.25, 0.3) is 10.9 Å². The Morgan fingerprint density at radius 2 is 1.88 bits per heavy atom. The number of carbonyl (C=O) groups is 1. The van der Waals surface area contributed by atoms with E-state index in [0.717, 1.165) is 16.5 Å². The molecule has 24 heavy (non-hydrogen) atoms. The van der Waals surface area contributed by atoms with Gasteiger partial charge in [-0.2, -0.15) is 0 Å². The van der Waals surface area contributed by atoms with Crippen LogP contribution in [0.4, 0.5) is 5.69 Å². The second-order valence-corrected chi connectivity index (χ2v) is 6.27. The summed E-state index contributed by atoms with van der Waals surface area (Å²) in [5.41, 5.74) is 8.85. The van der Waals surface area contributed by atoms with Gasteiger partial charge in [-0.1, -0.05) is 29.3 Å². The third kappa shape index (κ3) is 3.21. The van der Waals surface area contributed by atoms with E-state index in [-0.39, 0.29) is 5.97 Å². The van der Waals surface area contributed by atoms with Crippen LogP contribution in [-0.2, 0) is 11.3 Å². The average molecular weight is 363 g/mol. The van der Waals surface area contributed by atoms with E-state index in [9.17, 15) is 4.79 Å². The van der Waals surface area contributed by atoms with E-state index in [1.54, 1.807) is 25.1 Å². The molecule has 2 N–H and O–H groups in total. The second-order valence-electron chi connectivity index (χ2n) is 5.39. The summed E-state index contributed by atoms with van der Waals surface area (Å²) >= 11 is 12.2. The summed E-state index contributed by atoms with van der Waals surface area (Å²) in [7, 11) is 0. The van der Waals surface area contributed by atoms with Crippen molar-refractivity contribution in [2.45, 2.75) is 13.5 Å². The van der Waals surface area contributed by atoms with Crippen LogP contribution < -0.4 is 5.73 Å². The zero-order chi connectivity index (χ0) is 17.3. The van der Waals surface area contributed by atoms with Gasteiger partial charge in [0.2, 0.25) is 0 Å². The molecule has 0 aliphatic heterocycles. The minimum atomic E-state index is -0.388. The molecule has 0 saturated heterocycles. The number of carbonyl (C=O) groups excluding carboxylic acids is 1. The van der Waals surface area contributed by atoms with Crippen molar-refractivity contribution >= 4 is 45.8 Å². The van der Waals surface area contributed by atoms with Gasteiger partial charge >= 0.3 is 5.97 Å². The lowest BCUT2D eigenvalue weighted by atomic mass is 10.2. The van der Waals surface area contributed by atoms with Crippen LogP contribution in [0.1, 0.15) is 23.0 Å². The zero-order valence-electron chi connectivity index (χ0n) is 13.1. The number of hydrogen-bond acceptors (Lipinski definition) is 3. The Morgan fingerprint density at radius 3 is 2.54 bits per heavy atom. The van der Waals surface area contributed by atoms with E-state index in [1.807, 2.05) is 28.8 Å². The molecule has 0 aliphatic carbocycles.